The van der Waals surface area contributed by atoms with Crippen LogP contribution in [0.25, 0.3) is 0 Å². The highest BCUT2D eigenvalue weighted by Crippen LogP contribution is 2.31. The Balaban J connectivity index is 3.21. The van der Waals surface area contributed by atoms with Gasteiger partial charge in [-0.15, -0.1) is 5.10 Å². The molecule has 0 aliphatic carbocycles. The molecule has 0 fully saturated rings. The summed E-state index contributed by atoms with van der Waals surface area (Å²) in [6, 6.07) is 0. The first-order valence-corrected chi connectivity index (χ1v) is 2.65. The molecule has 2 N–H and O–H groups in total. The molecule has 1 heterocycles. The molecule has 0 unspecified atom stereocenters. The lowest BCUT2D eigenvalue weighted by molar-refractivity contribution is -0.143. The summed E-state index contributed by atoms with van der Waals surface area (Å²) in [7, 11) is 1.13. The number of alkyl halides is 3. The molecule has 1 rings (SSSR count). The van der Waals surface area contributed by atoms with Crippen LogP contribution < -0.4 is 5.73 Å². The zero-order chi connectivity index (χ0) is 8.65. The maximum Gasteiger partial charge on any atom is 0.436 e. The Kier molecular flexibility index (Phi) is 1.50. The average molecular weight is 166 g/mol. The molecule has 0 aliphatic rings. The molecule has 0 bridgehead atoms. The Morgan fingerprint density at radius 2 is 2.00 bits per heavy atom. The van der Waals surface area contributed by atoms with Crippen molar-refractivity contribution in [1.82, 2.24) is 15.0 Å². The fourth-order valence-corrected chi connectivity index (χ4v) is 0.702. The van der Waals surface area contributed by atoms with Crippen LogP contribution in [0.3, 0.4) is 0 Å². The van der Waals surface area contributed by atoms with Crippen molar-refractivity contribution in [3.05, 3.63) is 5.69 Å². The highest BCUT2D eigenvalue weighted by atomic mass is 19.4. The van der Waals surface area contributed by atoms with Crippen LogP contribution in [0.5, 0.6) is 0 Å². The van der Waals surface area contributed by atoms with Gasteiger partial charge in [0.25, 0.3) is 0 Å². The quantitative estimate of drug-likeness (QED) is 0.607. The molecule has 0 atom stereocenters. The Hall–Kier alpha value is -1.27. The van der Waals surface area contributed by atoms with E-state index < -0.39 is 17.7 Å². The highest BCUT2D eigenvalue weighted by Gasteiger charge is 2.37. The fourth-order valence-electron chi connectivity index (χ4n) is 0.702. The van der Waals surface area contributed by atoms with Gasteiger partial charge in [0.2, 0.25) is 0 Å². The third kappa shape index (κ3) is 1.26. The van der Waals surface area contributed by atoms with E-state index in [-0.39, 0.29) is 0 Å². The van der Waals surface area contributed by atoms with Crippen LogP contribution in [0.4, 0.5) is 19.0 Å². The van der Waals surface area contributed by atoms with Crippen molar-refractivity contribution in [3.8, 4) is 0 Å². The molecule has 0 amide bonds. The third-order valence-corrected chi connectivity index (χ3v) is 1.12. The van der Waals surface area contributed by atoms with E-state index in [1.54, 1.807) is 0 Å². The minimum Gasteiger partial charge on any atom is -0.380 e. The van der Waals surface area contributed by atoms with Crippen LogP contribution in [0.2, 0.25) is 0 Å². The van der Waals surface area contributed by atoms with Crippen molar-refractivity contribution in [2.45, 2.75) is 6.18 Å². The minimum absolute atomic E-state index is 0.593. The summed E-state index contributed by atoms with van der Waals surface area (Å²) in [6.07, 6.45) is -4.48. The summed E-state index contributed by atoms with van der Waals surface area (Å²) in [5.74, 6) is -0.597. The zero-order valence-corrected chi connectivity index (χ0v) is 5.55. The Morgan fingerprint density at radius 1 is 1.45 bits per heavy atom. The predicted molar refractivity (Wildman–Crippen MR) is 30.4 cm³/mol. The van der Waals surface area contributed by atoms with E-state index in [1.807, 2.05) is 0 Å². The number of aromatic nitrogens is 3. The van der Waals surface area contributed by atoms with Gasteiger partial charge in [-0.25, -0.2) is 4.68 Å². The molecule has 1 aromatic heterocycles. The van der Waals surface area contributed by atoms with Gasteiger partial charge in [0.1, 0.15) is 0 Å². The highest BCUT2D eigenvalue weighted by molar-refractivity contribution is 5.34. The van der Waals surface area contributed by atoms with Crippen molar-refractivity contribution >= 4 is 5.82 Å². The van der Waals surface area contributed by atoms with Gasteiger partial charge in [0.05, 0.1) is 0 Å². The topological polar surface area (TPSA) is 56.7 Å². The standard InChI is InChI=1S/C4H5F3N4/c1-11-2(4(5,6)7)3(8)9-10-11/h8H2,1H3. The third-order valence-electron chi connectivity index (χ3n) is 1.12. The molecule has 0 radical (unpaired) electrons. The summed E-state index contributed by atoms with van der Waals surface area (Å²) in [4.78, 5) is 0. The van der Waals surface area contributed by atoms with Gasteiger partial charge in [-0.2, -0.15) is 13.2 Å². The number of aryl methyl sites for hydroxylation is 1. The number of rotatable bonds is 0. The van der Waals surface area contributed by atoms with Gasteiger partial charge >= 0.3 is 6.18 Å². The lowest BCUT2D eigenvalue weighted by atomic mass is 10.4. The number of nitrogens with two attached hydrogens (primary N) is 1. The van der Waals surface area contributed by atoms with Crippen molar-refractivity contribution in [2.75, 3.05) is 5.73 Å². The van der Waals surface area contributed by atoms with Gasteiger partial charge in [0, 0.05) is 7.05 Å². The van der Waals surface area contributed by atoms with Crippen molar-refractivity contribution < 1.29 is 13.2 Å². The molecule has 62 valence electrons. The monoisotopic (exact) mass is 166 g/mol. The average Bonchev–Trinajstić information content (AvgIpc) is 2.08. The number of anilines is 1. The van der Waals surface area contributed by atoms with Gasteiger partial charge in [0.15, 0.2) is 11.5 Å². The molecule has 11 heavy (non-hydrogen) atoms. The maximum atomic E-state index is 12.0. The van der Waals surface area contributed by atoms with Crippen LogP contribution in [0, 0.1) is 0 Å². The van der Waals surface area contributed by atoms with Gasteiger partial charge < -0.3 is 5.73 Å². The predicted octanol–water partition coefficient (Wildman–Crippen LogP) is 0.416. The molecule has 0 aliphatic heterocycles. The van der Waals surface area contributed by atoms with Crippen LogP contribution in [-0.2, 0) is 13.2 Å². The molecular weight excluding hydrogens is 161 g/mol. The summed E-state index contributed by atoms with van der Waals surface area (Å²) >= 11 is 0. The van der Waals surface area contributed by atoms with E-state index in [4.69, 9.17) is 5.73 Å². The molecule has 7 heteroatoms. The zero-order valence-electron chi connectivity index (χ0n) is 5.55. The number of nitrogen functional groups attached to an aromatic ring is 1. The van der Waals surface area contributed by atoms with E-state index in [0.717, 1.165) is 7.05 Å². The van der Waals surface area contributed by atoms with E-state index in [0.29, 0.717) is 4.68 Å². The summed E-state index contributed by atoms with van der Waals surface area (Å²) < 4.78 is 36.5. The van der Waals surface area contributed by atoms with E-state index in [1.165, 1.54) is 0 Å². The van der Waals surface area contributed by atoms with Crippen molar-refractivity contribution in [1.29, 1.82) is 0 Å². The van der Waals surface area contributed by atoms with Crippen LogP contribution in [0.15, 0.2) is 0 Å². The smallest absolute Gasteiger partial charge is 0.380 e. The largest absolute Gasteiger partial charge is 0.436 e. The number of hydrogen-bond acceptors (Lipinski definition) is 3. The lowest BCUT2D eigenvalue weighted by Gasteiger charge is -2.04. The van der Waals surface area contributed by atoms with Gasteiger partial charge in [-0.05, 0) is 0 Å². The maximum absolute atomic E-state index is 12.0. The first-order valence-electron chi connectivity index (χ1n) is 2.65. The molecule has 0 saturated heterocycles. The molecular formula is C4H5F3N4. The van der Waals surface area contributed by atoms with E-state index >= 15 is 0 Å². The van der Waals surface area contributed by atoms with Crippen molar-refractivity contribution in [2.24, 2.45) is 7.05 Å². The van der Waals surface area contributed by atoms with Gasteiger partial charge in [-0.3, -0.25) is 0 Å². The lowest BCUT2D eigenvalue weighted by Crippen LogP contribution is -2.13. The molecule has 1 aromatic rings. The Labute approximate surface area is 59.8 Å². The Morgan fingerprint density at radius 3 is 2.18 bits per heavy atom. The minimum atomic E-state index is -4.48. The van der Waals surface area contributed by atoms with Crippen LogP contribution >= 0.6 is 0 Å². The normalized spacial score (nSPS) is 12.0. The number of nitrogens with zero attached hydrogens (tertiary/aromatic N) is 3. The molecule has 0 aromatic carbocycles. The second-order valence-corrected chi connectivity index (χ2v) is 1.94. The van der Waals surface area contributed by atoms with Crippen molar-refractivity contribution in [3.63, 3.8) is 0 Å². The second-order valence-electron chi connectivity index (χ2n) is 1.94. The Bertz CT molecular complexity index is 243. The second kappa shape index (κ2) is 2.11. The molecule has 4 nitrogen and oxygen atoms in total. The molecule has 0 saturated carbocycles. The van der Waals surface area contributed by atoms with Crippen LogP contribution in [0.1, 0.15) is 5.69 Å². The summed E-state index contributed by atoms with van der Waals surface area (Å²) in [5.41, 5.74) is 3.90. The number of halogens is 3. The van der Waals surface area contributed by atoms with E-state index in [9.17, 15) is 13.2 Å². The fraction of sp³-hybridized carbons (Fsp3) is 0.500. The molecule has 0 spiro atoms. The first kappa shape index (κ1) is 7.83. The van der Waals surface area contributed by atoms with E-state index in [2.05, 4.69) is 10.3 Å². The van der Waals surface area contributed by atoms with Gasteiger partial charge in [-0.1, -0.05) is 5.21 Å². The number of hydrogen-bond donors (Lipinski definition) is 1. The summed E-state index contributed by atoms with van der Waals surface area (Å²) in [5, 5.41) is 6.16. The van der Waals surface area contributed by atoms with Crippen LogP contribution in [-0.4, -0.2) is 15.0 Å². The summed E-state index contributed by atoms with van der Waals surface area (Å²) in [6.45, 7) is 0. The SMILES string of the molecule is Cn1nnc(N)c1C(F)(F)F. The first-order chi connectivity index (χ1) is 4.93.